The molecule has 0 aromatic heterocycles. The van der Waals surface area contributed by atoms with E-state index >= 15 is 0 Å². The molecular formula is C75H160N23O5. The Morgan fingerprint density at radius 3 is 1.64 bits per heavy atom. The van der Waals surface area contributed by atoms with E-state index in [1.54, 1.807) is 0 Å². The first-order valence-electron chi connectivity index (χ1n) is 40.5. The fraction of sp³-hybridized carbons (Fsp3) is 0.907. The minimum absolute atomic E-state index is 0.0408. The Hall–Kier alpha value is -3.53. The Balaban J connectivity index is 2.08. The third-order valence-corrected chi connectivity index (χ3v) is 20.7. The smallest absolute Gasteiger partial charge is 0.303 e. The minimum Gasteiger partial charge on any atom is -0.481 e. The Bertz CT molecular complexity index is 2150. The van der Waals surface area contributed by atoms with E-state index in [-0.39, 0.29) is 85.1 Å². The molecule has 29 N–H and O–H groups in total. The molecule has 14 atom stereocenters. The molecule has 0 spiro atoms. The first kappa shape index (κ1) is 95.5. The highest BCUT2D eigenvalue weighted by molar-refractivity contribution is 5.76. The van der Waals surface area contributed by atoms with Crippen molar-refractivity contribution in [2.24, 2.45) is 73.8 Å². The lowest BCUT2D eigenvalue weighted by molar-refractivity contribution is -0.457. The standard InChI is InChI=1S/C75H159N23O5/c1-10-58(8)71(96-52-70(59(9)99)95-51-69(57(6)7)94-48-64(27-29-73(102)103)90-45-61(22-17-34-87-74(79)80)85-33-16-12-11-14-30-76)54-98-40-20-25-68(98)53-97-39-19-24-67(97)50-93-60(21-13-15-31-77)43-84-37-38-86-62(23-18-35-88-75(81)82)46-89-63(26-28-72(100)101)47-91-66(42-56(4)5)49-92-65(41-55(2)3)44-83-36-32-78/h16,36-37,55-71,84-86,89-96,99H,10-15,17-35,38-54,76-78H2,1-9H3,(H,100,101)(H,102,103)(H4,79,80,87)(H4,81,82,88)/q-1/p+1/t58-,59+,60-,61-,62-,63-,64-,65-,66-,67-,68-,69+,70+,71+/m0/s1. The molecule has 0 saturated carbocycles. The Kier molecular flexibility index (Phi) is 56.0. The Morgan fingerprint density at radius 1 is 0.563 bits per heavy atom. The zero-order valence-corrected chi connectivity index (χ0v) is 66.2. The van der Waals surface area contributed by atoms with Crippen LogP contribution < -0.4 is 104 Å². The van der Waals surface area contributed by atoms with Gasteiger partial charge in [0.2, 0.25) is 0 Å². The van der Waals surface area contributed by atoms with Crippen LogP contribution in [-0.2, 0) is 9.59 Å². The lowest BCUT2D eigenvalue weighted by Crippen LogP contribution is -2.74. The lowest BCUT2D eigenvalue weighted by Gasteiger charge is -2.37. The van der Waals surface area contributed by atoms with Gasteiger partial charge in [-0.15, -0.1) is 6.54 Å². The summed E-state index contributed by atoms with van der Waals surface area (Å²) in [5.74, 6) is 0.340. The molecule has 0 aliphatic carbocycles. The predicted molar refractivity (Wildman–Crippen MR) is 429 cm³/mol. The quantitative estimate of drug-likeness (QED) is 0.0163. The van der Waals surface area contributed by atoms with Gasteiger partial charge in [0, 0.05) is 177 Å². The summed E-state index contributed by atoms with van der Waals surface area (Å²) in [7, 11) is 0. The van der Waals surface area contributed by atoms with Crippen molar-refractivity contribution >= 4 is 30.1 Å². The molecule has 2 fully saturated rings. The maximum atomic E-state index is 11.9. The van der Waals surface area contributed by atoms with Crippen LogP contribution >= 0.6 is 0 Å². The number of aliphatic carboxylic acids is 2. The largest absolute Gasteiger partial charge is 0.481 e. The van der Waals surface area contributed by atoms with Crippen LogP contribution in [0.2, 0.25) is 0 Å². The number of guanidine groups is 2. The van der Waals surface area contributed by atoms with E-state index in [1.807, 2.05) is 13.1 Å². The van der Waals surface area contributed by atoms with Crippen LogP contribution in [0.25, 0.3) is 0 Å². The van der Waals surface area contributed by atoms with E-state index in [9.17, 15) is 24.9 Å². The average molecular weight is 1460 g/mol. The molecule has 2 heterocycles. The second-order valence-electron chi connectivity index (χ2n) is 31.1. The van der Waals surface area contributed by atoms with Gasteiger partial charge in [-0.25, -0.2) is 4.99 Å². The molecule has 1 radical (unpaired) electrons. The van der Waals surface area contributed by atoms with Crippen molar-refractivity contribution in [3.63, 3.8) is 0 Å². The molecule has 28 nitrogen and oxygen atoms in total. The monoisotopic (exact) mass is 1460 g/mol. The molecule has 103 heavy (non-hydrogen) atoms. The number of likely N-dealkylation sites (tertiary alicyclic amines) is 2. The summed E-state index contributed by atoms with van der Waals surface area (Å²) in [5, 5.41) is 72.6. The van der Waals surface area contributed by atoms with Gasteiger partial charge in [0.25, 0.3) is 0 Å². The molecule has 0 amide bonds. The van der Waals surface area contributed by atoms with Gasteiger partial charge in [0.15, 0.2) is 24.7 Å². The van der Waals surface area contributed by atoms with Gasteiger partial charge in [-0.2, -0.15) is 6.42 Å². The minimum atomic E-state index is -0.809. The SMILES string of the molecule is CC[C@H](C)[C@@H](CN1CCC[C@H]1CN1CCC[C@H]1CN[C@@H](CCCCN)CN[CH]CN[C@@H](CCCN=C(N)N)CN[C@@H](CCC(=O)O)CN[C@H](CN[C@H](C[NH+]=CCN)CC(C)C)CC(C)C)NC[C@@H](NC[C@@H](NC[C@H](CCC(=O)O)NC[C@H](CCCN=C(N)N)NC[CH-]CCCCN)C(C)C)[C@@H](C)O. The number of carboxylic acids is 2. The van der Waals surface area contributed by atoms with Crippen LogP contribution in [0.15, 0.2) is 9.98 Å². The zero-order valence-electron chi connectivity index (χ0n) is 66.2. The van der Waals surface area contributed by atoms with Gasteiger partial charge in [-0.3, -0.25) is 29.4 Å². The number of hydrogen-bond donors (Lipinski definition) is 22. The number of aliphatic hydroxyl groups is 1. The predicted octanol–water partition coefficient (Wildman–Crippen LogP) is -0.167. The van der Waals surface area contributed by atoms with Crippen molar-refractivity contribution < 1.29 is 29.9 Å². The van der Waals surface area contributed by atoms with Gasteiger partial charge >= 0.3 is 11.9 Å². The van der Waals surface area contributed by atoms with E-state index in [0.29, 0.717) is 127 Å². The fourth-order valence-corrected chi connectivity index (χ4v) is 14.1. The summed E-state index contributed by atoms with van der Waals surface area (Å²) in [5.41, 5.74) is 40.1. The summed E-state index contributed by atoms with van der Waals surface area (Å²) >= 11 is 0. The fourth-order valence-electron chi connectivity index (χ4n) is 14.1. The highest BCUT2D eigenvalue weighted by Gasteiger charge is 2.34. The molecule has 0 aromatic carbocycles. The first-order valence-corrected chi connectivity index (χ1v) is 40.5. The van der Waals surface area contributed by atoms with E-state index in [0.717, 1.165) is 142 Å². The summed E-state index contributed by atoms with van der Waals surface area (Å²) in [6, 6.07) is 2.09. The van der Waals surface area contributed by atoms with Crippen molar-refractivity contribution in [3.8, 4) is 0 Å². The first-order chi connectivity index (χ1) is 49.5. The van der Waals surface area contributed by atoms with Crippen molar-refractivity contribution in [3.05, 3.63) is 13.0 Å². The number of unbranched alkanes of at least 4 members (excludes halogenated alkanes) is 4. The van der Waals surface area contributed by atoms with Gasteiger partial charge < -0.3 is 120 Å². The number of nitrogens with one attached hydrogen (secondary N) is 12. The van der Waals surface area contributed by atoms with Crippen molar-refractivity contribution in [2.75, 3.05) is 137 Å². The number of nitrogens with two attached hydrogens (primary N) is 7. The highest BCUT2D eigenvalue weighted by atomic mass is 16.4. The molecule has 0 aromatic rings. The van der Waals surface area contributed by atoms with E-state index < -0.39 is 18.0 Å². The normalized spacial score (nSPS) is 19.0. The molecule has 28 heteroatoms. The molecule has 2 aliphatic heterocycles. The van der Waals surface area contributed by atoms with Crippen molar-refractivity contribution in [2.45, 2.75) is 276 Å². The number of aliphatic imine (C=N–C) groups is 2. The van der Waals surface area contributed by atoms with Crippen LogP contribution in [0.5, 0.6) is 0 Å². The van der Waals surface area contributed by atoms with Crippen LogP contribution in [0, 0.1) is 36.6 Å². The highest BCUT2D eigenvalue weighted by Crippen LogP contribution is 2.25. The van der Waals surface area contributed by atoms with Crippen LogP contribution in [-0.4, -0.2) is 271 Å². The van der Waals surface area contributed by atoms with Crippen molar-refractivity contribution in [1.29, 1.82) is 0 Å². The lowest BCUT2D eigenvalue weighted by atomic mass is 9.97. The number of rotatable bonds is 70. The van der Waals surface area contributed by atoms with Gasteiger partial charge in [0.1, 0.15) is 0 Å². The third kappa shape index (κ3) is 49.2. The Morgan fingerprint density at radius 2 is 1.07 bits per heavy atom. The second-order valence-corrected chi connectivity index (χ2v) is 31.1. The molecular weight excluding hydrogens is 1300 g/mol. The molecule has 2 rings (SSSR count). The number of hydrogen-bond acceptors (Lipinski definition) is 21. The maximum absolute atomic E-state index is 11.9. The molecule has 0 bridgehead atoms. The number of nitrogens with zero attached hydrogens (tertiary/aromatic N) is 4. The van der Waals surface area contributed by atoms with E-state index in [4.69, 9.17) is 40.1 Å². The average Bonchev–Trinajstić information content (AvgIpc) is 1.72. The van der Waals surface area contributed by atoms with E-state index in [2.05, 4.69) is 152 Å². The second kappa shape index (κ2) is 60.4. The summed E-state index contributed by atoms with van der Waals surface area (Å²) < 4.78 is 0. The maximum Gasteiger partial charge on any atom is 0.303 e. The molecule has 2 aliphatic rings. The van der Waals surface area contributed by atoms with Crippen molar-refractivity contribution in [1.82, 2.24) is 68.3 Å². The Labute approximate surface area is 625 Å². The van der Waals surface area contributed by atoms with Crippen LogP contribution in [0.3, 0.4) is 0 Å². The summed E-state index contributed by atoms with van der Waals surface area (Å²) in [6.07, 6.45) is 22.1. The topological polar surface area (TPSA) is 454 Å². The van der Waals surface area contributed by atoms with E-state index in [1.165, 1.54) is 25.7 Å². The zero-order chi connectivity index (χ0) is 76.0. The third-order valence-electron chi connectivity index (χ3n) is 20.7. The number of aliphatic hydroxyl groups excluding tert-OH is 1. The van der Waals surface area contributed by atoms with Crippen LogP contribution in [0.4, 0.5) is 0 Å². The van der Waals surface area contributed by atoms with Crippen LogP contribution in [0.1, 0.15) is 197 Å². The van der Waals surface area contributed by atoms with Gasteiger partial charge in [-0.05, 0) is 153 Å². The van der Waals surface area contributed by atoms with Gasteiger partial charge in [-0.1, -0.05) is 74.7 Å². The van der Waals surface area contributed by atoms with Gasteiger partial charge in [0.05, 0.1) is 18.7 Å². The summed E-state index contributed by atoms with van der Waals surface area (Å²) in [6.45, 7) is 38.0. The summed E-state index contributed by atoms with van der Waals surface area (Å²) in [4.78, 5) is 41.1. The molecule has 605 valence electrons. The molecule has 0 unspecified atom stereocenters. The number of carboxylic acid groups (broad SMARTS) is 2. The molecule has 2 saturated heterocycles. The number of carbonyl (C=O) groups is 2.